The summed E-state index contributed by atoms with van der Waals surface area (Å²) in [6.07, 6.45) is 3.92. The molecule has 1 unspecified atom stereocenters. The van der Waals surface area contributed by atoms with E-state index >= 15 is 0 Å². The Hall–Kier alpha value is -3.50. The van der Waals surface area contributed by atoms with Gasteiger partial charge in [0.25, 0.3) is 5.91 Å². The number of aromatic nitrogens is 1. The largest absolute Gasteiger partial charge is 0.299 e. The van der Waals surface area contributed by atoms with Crippen LogP contribution in [0.15, 0.2) is 84.9 Å². The van der Waals surface area contributed by atoms with Crippen LogP contribution in [-0.2, 0) is 13.0 Å². The number of Topliss-reactive ketones (excluding diaryl/α,β-unsaturated/α-hetero) is 1. The number of benzene rings is 3. The molecule has 0 amide bonds. The fraction of sp³-hybridized carbons (Fsp3) is 0.290. The molecular weight excluding hydrogens is 432 g/mol. The summed E-state index contributed by atoms with van der Waals surface area (Å²) < 4.78 is 1.69. The van der Waals surface area contributed by atoms with Crippen LogP contribution in [0.5, 0.6) is 0 Å². The van der Waals surface area contributed by atoms with Gasteiger partial charge in [0, 0.05) is 23.4 Å². The molecule has 3 aromatic carbocycles. The molecule has 4 nitrogen and oxygen atoms in total. The van der Waals surface area contributed by atoms with E-state index in [1.54, 1.807) is 4.57 Å². The number of piperidine rings is 1. The van der Waals surface area contributed by atoms with Crippen LogP contribution >= 0.6 is 0 Å². The van der Waals surface area contributed by atoms with E-state index in [1.165, 1.54) is 5.56 Å². The molecule has 1 saturated heterocycles. The number of ketones is 1. The number of fused-ring (bicyclic) bond motifs is 3. The molecule has 1 aromatic heterocycles. The van der Waals surface area contributed by atoms with Crippen molar-refractivity contribution in [2.75, 3.05) is 13.1 Å². The van der Waals surface area contributed by atoms with Crippen molar-refractivity contribution in [1.82, 2.24) is 9.47 Å². The van der Waals surface area contributed by atoms with Crippen molar-refractivity contribution in [3.63, 3.8) is 0 Å². The van der Waals surface area contributed by atoms with Crippen LogP contribution in [0.25, 0.3) is 10.9 Å². The molecule has 0 N–H and O–H groups in total. The maximum Gasteiger partial charge on any atom is 0.262 e. The van der Waals surface area contributed by atoms with Gasteiger partial charge in [-0.25, -0.2) is 0 Å². The number of nitrogens with zero attached hydrogens (tertiary/aromatic N) is 2. The van der Waals surface area contributed by atoms with Crippen molar-refractivity contribution in [3.05, 3.63) is 107 Å². The lowest BCUT2D eigenvalue weighted by atomic mass is 9.85. The number of hydrogen-bond donors (Lipinski definition) is 0. The SMILES string of the molecule is O=C1c2c(c3ccccc3n2C(=O)c2ccccc2)CC1CC1CCN(Cc2ccccc2)CC1. The molecule has 1 aliphatic heterocycles. The molecule has 2 heterocycles. The predicted octanol–water partition coefficient (Wildman–Crippen LogP) is 5.99. The Morgan fingerprint density at radius 2 is 1.49 bits per heavy atom. The molecule has 1 fully saturated rings. The van der Waals surface area contributed by atoms with Gasteiger partial charge in [-0.05, 0) is 74.0 Å². The topological polar surface area (TPSA) is 42.3 Å². The summed E-state index contributed by atoms with van der Waals surface area (Å²) in [7, 11) is 0. The quantitative estimate of drug-likeness (QED) is 0.366. The normalized spacial score (nSPS) is 18.7. The Morgan fingerprint density at radius 3 is 2.23 bits per heavy atom. The molecule has 2 aliphatic rings. The number of para-hydroxylation sites is 1. The third kappa shape index (κ3) is 4.12. The molecule has 0 spiro atoms. The van der Waals surface area contributed by atoms with Gasteiger partial charge in [0.2, 0.25) is 0 Å². The van der Waals surface area contributed by atoms with Crippen LogP contribution in [0, 0.1) is 11.8 Å². The summed E-state index contributed by atoms with van der Waals surface area (Å²) in [6.45, 7) is 3.16. The van der Waals surface area contributed by atoms with Crippen LogP contribution < -0.4 is 0 Å². The van der Waals surface area contributed by atoms with E-state index in [2.05, 4.69) is 41.3 Å². The van der Waals surface area contributed by atoms with Gasteiger partial charge >= 0.3 is 0 Å². The molecular formula is C31H30N2O2. The summed E-state index contributed by atoms with van der Waals surface area (Å²) >= 11 is 0. The first-order valence-electron chi connectivity index (χ1n) is 12.7. The summed E-state index contributed by atoms with van der Waals surface area (Å²) in [6, 6.07) is 27.9. The monoisotopic (exact) mass is 462 g/mol. The zero-order chi connectivity index (χ0) is 23.8. The minimum atomic E-state index is -0.119. The van der Waals surface area contributed by atoms with Gasteiger partial charge in [0.15, 0.2) is 5.78 Å². The lowest BCUT2D eigenvalue weighted by Gasteiger charge is -2.33. The molecule has 4 heteroatoms. The first kappa shape index (κ1) is 22.0. The van der Waals surface area contributed by atoms with Gasteiger partial charge in [-0.15, -0.1) is 0 Å². The van der Waals surface area contributed by atoms with E-state index in [0.29, 0.717) is 17.2 Å². The second kappa shape index (κ2) is 9.27. The Morgan fingerprint density at radius 1 is 0.829 bits per heavy atom. The van der Waals surface area contributed by atoms with Crippen molar-refractivity contribution < 1.29 is 9.59 Å². The Kier molecular flexibility index (Phi) is 5.83. The number of hydrogen-bond acceptors (Lipinski definition) is 3. The van der Waals surface area contributed by atoms with E-state index < -0.39 is 0 Å². The standard InChI is InChI=1S/C31H30N2O2/c34-30-25(19-22-15-17-32(18-16-22)21-23-9-3-1-4-10-23)20-27-26-13-7-8-14-28(26)33(29(27)30)31(35)24-11-5-2-6-12-24/h1-14,22,25H,15-21H2. The minimum Gasteiger partial charge on any atom is -0.299 e. The van der Waals surface area contributed by atoms with Crippen LogP contribution in [0.2, 0.25) is 0 Å². The fourth-order valence-electron chi connectivity index (χ4n) is 6.04. The van der Waals surface area contributed by atoms with Gasteiger partial charge in [-0.1, -0.05) is 66.7 Å². The van der Waals surface area contributed by atoms with E-state index in [-0.39, 0.29) is 17.6 Å². The Labute approximate surface area is 206 Å². The number of rotatable bonds is 5. The van der Waals surface area contributed by atoms with Crippen LogP contribution in [0.3, 0.4) is 0 Å². The van der Waals surface area contributed by atoms with E-state index in [0.717, 1.165) is 61.8 Å². The molecule has 6 rings (SSSR count). The van der Waals surface area contributed by atoms with E-state index in [4.69, 9.17) is 0 Å². The molecule has 4 aromatic rings. The van der Waals surface area contributed by atoms with Crippen molar-refractivity contribution >= 4 is 22.6 Å². The lowest BCUT2D eigenvalue weighted by Crippen LogP contribution is -2.34. The summed E-state index contributed by atoms with van der Waals surface area (Å²) in [5.41, 5.74) is 4.48. The summed E-state index contributed by atoms with van der Waals surface area (Å²) in [5, 5.41) is 1.04. The van der Waals surface area contributed by atoms with Crippen molar-refractivity contribution in [2.24, 2.45) is 11.8 Å². The van der Waals surface area contributed by atoms with E-state index in [1.807, 2.05) is 48.5 Å². The highest BCUT2D eigenvalue weighted by Gasteiger charge is 2.39. The maximum atomic E-state index is 13.7. The van der Waals surface area contributed by atoms with Crippen LogP contribution in [0.1, 0.15) is 51.2 Å². The lowest BCUT2D eigenvalue weighted by molar-refractivity contribution is 0.0867. The maximum absolute atomic E-state index is 13.7. The van der Waals surface area contributed by atoms with Crippen LogP contribution in [-0.4, -0.2) is 34.2 Å². The van der Waals surface area contributed by atoms with Crippen molar-refractivity contribution in [1.29, 1.82) is 0 Å². The first-order chi connectivity index (χ1) is 17.2. The predicted molar refractivity (Wildman–Crippen MR) is 139 cm³/mol. The molecule has 0 bridgehead atoms. The average Bonchev–Trinajstić information content (AvgIpc) is 3.40. The molecule has 1 aliphatic carbocycles. The Bertz CT molecular complexity index is 1370. The van der Waals surface area contributed by atoms with Crippen molar-refractivity contribution in [3.8, 4) is 0 Å². The third-order valence-electron chi connectivity index (χ3n) is 7.83. The average molecular weight is 463 g/mol. The zero-order valence-corrected chi connectivity index (χ0v) is 19.9. The van der Waals surface area contributed by atoms with Gasteiger partial charge in [0.1, 0.15) is 0 Å². The molecule has 176 valence electrons. The number of carbonyl (C=O) groups excluding carboxylic acids is 2. The highest BCUT2D eigenvalue weighted by Crippen LogP contribution is 2.39. The molecule has 0 saturated carbocycles. The minimum absolute atomic E-state index is 0.0231. The highest BCUT2D eigenvalue weighted by molar-refractivity contribution is 6.14. The van der Waals surface area contributed by atoms with Gasteiger partial charge in [0.05, 0.1) is 11.2 Å². The Balaban J connectivity index is 1.20. The van der Waals surface area contributed by atoms with Gasteiger partial charge in [-0.3, -0.25) is 19.1 Å². The molecule has 0 radical (unpaired) electrons. The second-order valence-corrected chi connectivity index (χ2v) is 10.1. The fourth-order valence-corrected chi connectivity index (χ4v) is 6.04. The molecule has 1 atom stereocenters. The molecule has 35 heavy (non-hydrogen) atoms. The van der Waals surface area contributed by atoms with Crippen LogP contribution in [0.4, 0.5) is 0 Å². The van der Waals surface area contributed by atoms with Gasteiger partial charge in [-0.2, -0.15) is 0 Å². The summed E-state index contributed by atoms with van der Waals surface area (Å²) in [4.78, 5) is 29.8. The van der Waals surface area contributed by atoms with Gasteiger partial charge < -0.3 is 0 Å². The van der Waals surface area contributed by atoms with E-state index in [9.17, 15) is 9.59 Å². The number of carbonyl (C=O) groups is 2. The smallest absolute Gasteiger partial charge is 0.262 e. The second-order valence-electron chi connectivity index (χ2n) is 10.1. The number of likely N-dealkylation sites (tertiary alicyclic amines) is 1. The third-order valence-corrected chi connectivity index (χ3v) is 7.83. The highest BCUT2D eigenvalue weighted by atomic mass is 16.2. The summed E-state index contributed by atoms with van der Waals surface area (Å²) in [5.74, 6) is 0.563. The van der Waals surface area contributed by atoms with Crippen molar-refractivity contribution in [2.45, 2.75) is 32.2 Å². The zero-order valence-electron chi connectivity index (χ0n) is 19.9. The first-order valence-corrected chi connectivity index (χ1v) is 12.7.